The van der Waals surface area contributed by atoms with Gasteiger partial charge in [0, 0.05) is 13.7 Å². The third-order valence-corrected chi connectivity index (χ3v) is 3.11. The number of nitrogens with zero attached hydrogens (tertiary/aromatic N) is 1. The Morgan fingerprint density at radius 2 is 2.13 bits per heavy atom. The molecule has 0 saturated heterocycles. The highest BCUT2D eigenvalue weighted by Crippen LogP contribution is 2.36. The van der Waals surface area contributed by atoms with Crippen molar-refractivity contribution in [1.82, 2.24) is 4.98 Å². The van der Waals surface area contributed by atoms with Gasteiger partial charge >= 0.3 is 6.18 Å². The molecule has 1 aromatic heterocycles. The van der Waals surface area contributed by atoms with Crippen molar-refractivity contribution in [3.8, 4) is 0 Å². The van der Waals surface area contributed by atoms with E-state index in [-0.39, 0.29) is 11.4 Å². The van der Waals surface area contributed by atoms with Gasteiger partial charge in [0.1, 0.15) is 11.1 Å². The Hall–Kier alpha value is -0.660. The Morgan fingerprint density at radius 1 is 1.53 bits per heavy atom. The Labute approximate surface area is 89.1 Å². The third kappa shape index (κ3) is 2.67. The maximum Gasteiger partial charge on any atom is 0.434 e. The number of halogens is 3. The number of hydrogen-bond donors (Lipinski definition) is 1. The summed E-state index contributed by atoms with van der Waals surface area (Å²) in [5, 5.41) is 0.297. The van der Waals surface area contributed by atoms with Crippen LogP contribution in [0.15, 0.2) is 0 Å². The van der Waals surface area contributed by atoms with Crippen LogP contribution in [0.2, 0.25) is 0 Å². The van der Waals surface area contributed by atoms with Crippen molar-refractivity contribution in [1.29, 1.82) is 0 Å². The average Bonchev–Trinajstić information content (AvgIpc) is 2.59. The summed E-state index contributed by atoms with van der Waals surface area (Å²) in [5.74, 6) is 0. The van der Waals surface area contributed by atoms with Gasteiger partial charge in [0.2, 0.25) is 0 Å². The number of ether oxygens (including phenoxy) is 1. The zero-order chi connectivity index (χ0) is 11.6. The second kappa shape index (κ2) is 4.46. The molecule has 0 aliphatic rings. The minimum atomic E-state index is -4.45. The zero-order valence-electron chi connectivity index (χ0n) is 8.26. The molecule has 3 nitrogen and oxygen atoms in total. The van der Waals surface area contributed by atoms with Crippen LogP contribution in [-0.2, 0) is 17.5 Å². The maximum absolute atomic E-state index is 12.5. The van der Waals surface area contributed by atoms with Crippen LogP contribution in [-0.4, -0.2) is 12.1 Å². The van der Waals surface area contributed by atoms with Crippen LogP contribution in [0.4, 0.5) is 13.2 Å². The molecule has 1 unspecified atom stereocenters. The van der Waals surface area contributed by atoms with Crippen molar-refractivity contribution in [3.05, 3.63) is 15.6 Å². The van der Waals surface area contributed by atoms with Crippen molar-refractivity contribution in [2.75, 3.05) is 7.11 Å². The van der Waals surface area contributed by atoms with E-state index in [1.54, 1.807) is 6.92 Å². The van der Waals surface area contributed by atoms with Crippen LogP contribution < -0.4 is 5.73 Å². The number of thiazole rings is 1. The molecule has 0 bridgehead atoms. The average molecular weight is 240 g/mol. The molecule has 2 N–H and O–H groups in total. The Bertz CT molecular complexity index is 337. The minimum absolute atomic E-state index is 0.0430. The van der Waals surface area contributed by atoms with E-state index < -0.39 is 18.0 Å². The Kier molecular flexibility index (Phi) is 3.69. The standard InChI is InChI=1S/C8H11F3N2OS/c1-4(14-2)7-13-6(8(9,10)11)5(3-12)15-7/h4H,3,12H2,1-2H3. The lowest BCUT2D eigenvalue weighted by Crippen LogP contribution is -2.11. The van der Waals surface area contributed by atoms with Gasteiger partial charge in [0.05, 0.1) is 4.88 Å². The van der Waals surface area contributed by atoms with Gasteiger partial charge in [-0.25, -0.2) is 4.98 Å². The summed E-state index contributed by atoms with van der Waals surface area (Å²) in [5.41, 5.74) is 4.34. The van der Waals surface area contributed by atoms with Gasteiger partial charge < -0.3 is 10.5 Å². The first kappa shape index (κ1) is 12.4. The number of methoxy groups -OCH3 is 1. The molecule has 0 saturated carbocycles. The van der Waals surface area contributed by atoms with Gasteiger partial charge in [-0.15, -0.1) is 11.3 Å². The number of hydrogen-bond acceptors (Lipinski definition) is 4. The molecule has 0 spiro atoms. The molecule has 0 aliphatic heterocycles. The zero-order valence-corrected chi connectivity index (χ0v) is 9.08. The summed E-state index contributed by atoms with van der Waals surface area (Å²) < 4.78 is 42.3. The number of nitrogens with two attached hydrogens (primary N) is 1. The van der Waals surface area contributed by atoms with E-state index in [0.717, 1.165) is 11.3 Å². The van der Waals surface area contributed by atoms with Crippen LogP contribution in [0.25, 0.3) is 0 Å². The second-order valence-electron chi connectivity index (χ2n) is 2.90. The maximum atomic E-state index is 12.5. The van der Waals surface area contributed by atoms with Crippen LogP contribution in [0.5, 0.6) is 0 Å². The van der Waals surface area contributed by atoms with Gasteiger partial charge in [-0.1, -0.05) is 0 Å². The minimum Gasteiger partial charge on any atom is -0.375 e. The van der Waals surface area contributed by atoms with E-state index in [4.69, 9.17) is 10.5 Å². The highest BCUT2D eigenvalue weighted by molar-refractivity contribution is 7.11. The summed E-state index contributed by atoms with van der Waals surface area (Å²) in [4.78, 5) is 3.55. The van der Waals surface area contributed by atoms with Crippen molar-refractivity contribution in [2.45, 2.75) is 25.7 Å². The first-order chi connectivity index (χ1) is 6.90. The molecule has 86 valence electrons. The highest BCUT2D eigenvalue weighted by Gasteiger charge is 2.37. The van der Waals surface area contributed by atoms with Crippen LogP contribution >= 0.6 is 11.3 Å². The smallest absolute Gasteiger partial charge is 0.375 e. The molecule has 0 fully saturated rings. The van der Waals surface area contributed by atoms with Crippen LogP contribution in [0.1, 0.15) is 28.6 Å². The second-order valence-corrected chi connectivity index (χ2v) is 4.02. The fourth-order valence-corrected chi connectivity index (χ4v) is 2.00. The van der Waals surface area contributed by atoms with E-state index in [9.17, 15) is 13.2 Å². The predicted octanol–water partition coefficient (Wildman–Crippen LogP) is 2.33. The summed E-state index contributed by atoms with van der Waals surface area (Å²) in [6.07, 6.45) is -4.90. The lowest BCUT2D eigenvalue weighted by molar-refractivity contribution is -0.141. The Balaban J connectivity index is 3.11. The van der Waals surface area contributed by atoms with E-state index >= 15 is 0 Å². The molecule has 1 rings (SSSR count). The SMILES string of the molecule is COC(C)c1nc(C(F)(F)F)c(CN)s1. The first-order valence-corrected chi connectivity index (χ1v) is 5.01. The molecule has 1 atom stereocenters. The lowest BCUT2D eigenvalue weighted by Gasteiger charge is -2.05. The van der Waals surface area contributed by atoms with E-state index in [1.165, 1.54) is 7.11 Å². The summed E-state index contributed by atoms with van der Waals surface area (Å²) >= 11 is 0.938. The third-order valence-electron chi connectivity index (χ3n) is 1.87. The monoisotopic (exact) mass is 240 g/mol. The van der Waals surface area contributed by atoms with E-state index in [2.05, 4.69) is 4.98 Å². The van der Waals surface area contributed by atoms with Crippen LogP contribution in [0.3, 0.4) is 0 Å². The molecule has 0 radical (unpaired) electrons. The molecule has 15 heavy (non-hydrogen) atoms. The molecular weight excluding hydrogens is 229 g/mol. The Morgan fingerprint density at radius 3 is 2.47 bits per heavy atom. The molecule has 0 aromatic carbocycles. The van der Waals surface area contributed by atoms with Gasteiger partial charge in [-0.05, 0) is 6.92 Å². The number of rotatable bonds is 3. The van der Waals surface area contributed by atoms with Crippen molar-refractivity contribution in [2.24, 2.45) is 5.73 Å². The van der Waals surface area contributed by atoms with Gasteiger partial charge in [-0.2, -0.15) is 13.2 Å². The fourth-order valence-electron chi connectivity index (χ4n) is 1.00. The quantitative estimate of drug-likeness (QED) is 0.882. The summed E-state index contributed by atoms with van der Waals surface area (Å²) in [6, 6.07) is 0. The summed E-state index contributed by atoms with van der Waals surface area (Å²) in [7, 11) is 1.42. The van der Waals surface area contributed by atoms with Crippen molar-refractivity contribution >= 4 is 11.3 Å². The molecular formula is C8H11F3N2OS. The number of alkyl halides is 3. The fraction of sp³-hybridized carbons (Fsp3) is 0.625. The van der Waals surface area contributed by atoms with Crippen molar-refractivity contribution in [3.63, 3.8) is 0 Å². The predicted molar refractivity (Wildman–Crippen MR) is 50.4 cm³/mol. The molecule has 0 amide bonds. The molecule has 7 heteroatoms. The first-order valence-electron chi connectivity index (χ1n) is 4.19. The summed E-state index contributed by atoms with van der Waals surface area (Å²) in [6.45, 7) is 1.47. The lowest BCUT2D eigenvalue weighted by atomic mass is 10.3. The van der Waals surface area contributed by atoms with E-state index in [1.807, 2.05) is 0 Å². The van der Waals surface area contributed by atoms with Gasteiger partial charge in [0.15, 0.2) is 5.69 Å². The largest absolute Gasteiger partial charge is 0.434 e. The van der Waals surface area contributed by atoms with Crippen LogP contribution in [0, 0.1) is 0 Å². The number of aromatic nitrogens is 1. The molecule has 1 aromatic rings. The topological polar surface area (TPSA) is 48.1 Å². The van der Waals surface area contributed by atoms with Crippen molar-refractivity contribution < 1.29 is 17.9 Å². The molecule has 0 aliphatic carbocycles. The van der Waals surface area contributed by atoms with E-state index in [0.29, 0.717) is 5.01 Å². The normalized spacial score (nSPS) is 14.3. The van der Waals surface area contributed by atoms with Gasteiger partial charge in [-0.3, -0.25) is 0 Å². The highest BCUT2D eigenvalue weighted by atomic mass is 32.1. The van der Waals surface area contributed by atoms with Gasteiger partial charge in [0.25, 0.3) is 0 Å². The molecule has 1 heterocycles.